The molecule has 0 saturated carbocycles. The molecule has 0 bridgehead atoms. The van der Waals surface area contributed by atoms with Crippen LogP contribution in [-0.4, -0.2) is 19.1 Å². The molecule has 0 atom stereocenters. The first-order chi connectivity index (χ1) is 9.20. The molecular formula is C15H18FN3. The lowest BCUT2D eigenvalue weighted by Crippen LogP contribution is -2.18. The molecule has 3 nitrogen and oxygen atoms in total. The summed E-state index contributed by atoms with van der Waals surface area (Å²) < 4.78 is 13.6. The van der Waals surface area contributed by atoms with E-state index in [9.17, 15) is 4.39 Å². The smallest absolute Gasteiger partial charge is 0.128 e. The maximum atomic E-state index is 13.6. The number of anilines is 1. The molecule has 0 aliphatic heterocycles. The van der Waals surface area contributed by atoms with Gasteiger partial charge in [-0.05, 0) is 25.2 Å². The highest BCUT2D eigenvalue weighted by Crippen LogP contribution is 2.17. The van der Waals surface area contributed by atoms with Gasteiger partial charge in [-0.2, -0.15) is 0 Å². The van der Waals surface area contributed by atoms with Gasteiger partial charge in [-0.1, -0.05) is 18.2 Å². The standard InChI is InChI=1S/C15H18FN3/c1-17-10-13-9-14(7-8-18-13)19(2)11-12-5-3-4-6-15(12)16/h3-9,17H,10-11H2,1-2H3. The Morgan fingerprint density at radius 2 is 2.05 bits per heavy atom. The molecule has 1 aromatic heterocycles. The van der Waals surface area contributed by atoms with Crippen LogP contribution >= 0.6 is 0 Å². The van der Waals surface area contributed by atoms with Crippen molar-refractivity contribution in [2.45, 2.75) is 13.1 Å². The number of halogens is 1. The van der Waals surface area contributed by atoms with E-state index in [-0.39, 0.29) is 5.82 Å². The SMILES string of the molecule is CNCc1cc(N(C)Cc2ccccc2F)ccn1. The van der Waals surface area contributed by atoms with E-state index in [1.54, 1.807) is 12.3 Å². The summed E-state index contributed by atoms with van der Waals surface area (Å²) in [6.07, 6.45) is 1.78. The monoisotopic (exact) mass is 259 g/mol. The summed E-state index contributed by atoms with van der Waals surface area (Å²) >= 11 is 0. The zero-order valence-electron chi connectivity index (χ0n) is 11.2. The van der Waals surface area contributed by atoms with Crippen LogP contribution in [0.15, 0.2) is 42.6 Å². The lowest BCUT2D eigenvalue weighted by molar-refractivity contribution is 0.608. The molecule has 100 valence electrons. The zero-order valence-corrected chi connectivity index (χ0v) is 11.2. The summed E-state index contributed by atoms with van der Waals surface area (Å²) in [6, 6.07) is 10.8. The molecule has 0 radical (unpaired) electrons. The molecule has 1 heterocycles. The van der Waals surface area contributed by atoms with Gasteiger partial charge >= 0.3 is 0 Å². The van der Waals surface area contributed by atoms with Crippen LogP contribution in [0.2, 0.25) is 0 Å². The van der Waals surface area contributed by atoms with Gasteiger partial charge in [0, 0.05) is 37.6 Å². The normalized spacial score (nSPS) is 10.5. The Kier molecular flexibility index (Phi) is 4.47. The Labute approximate surface area is 113 Å². The molecule has 0 fully saturated rings. The number of pyridine rings is 1. The van der Waals surface area contributed by atoms with Gasteiger partial charge in [-0.15, -0.1) is 0 Å². The highest BCUT2D eigenvalue weighted by Gasteiger charge is 2.06. The van der Waals surface area contributed by atoms with Gasteiger partial charge < -0.3 is 10.2 Å². The Morgan fingerprint density at radius 1 is 1.26 bits per heavy atom. The molecule has 19 heavy (non-hydrogen) atoms. The van der Waals surface area contributed by atoms with Gasteiger partial charge in [-0.25, -0.2) is 4.39 Å². The van der Waals surface area contributed by atoms with Crippen molar-refractivity contribution in [3.05, 3.63) is 59.7 Å². The van der Waals surface area contributed by atoms with E-state index in [2.05, 4.69) is 10.3 Å². The fraction of sp³-hybridized carbons (Fsp3) is 0.267. The van der Waals surface area contributed by atoms with Crippen LogP contribution in [0.25, 0.3) is 0 Å². The number of hydrogen-bond acceptors (Lipinski definition) is 3. The molecule has 0 unspecified atom stereocenters. The predicted molar refractivity (Wildman–Crippen MR) is 75.5 cm³/mol. The summed E-state index contributed by atoms with van der Waals surface area (Å²) in [5.74, 6) is -0.168. The molecule has 0 saturated heterocycles. The van der Waals surface area contributed by atoms with Gasteiger partial charge in [0.15, 0.2) is 0 Å². The minimum absolute atomic E-state index is 0.168. The van der Waals surface area contributed by atoms with Crippen molar-refractivity contribution in [1.29, 1.82) is 0 Å². The van der Waals surface area contributed by atoms with Crippen LogP contribution in [0.4, 0.5) is 10.1 Å². The van der Waals surface area contributed by atoms with E-state index in [0.29, 0.717) is 12.1 Å². The quantitative estimate of drug-likeness (QED) is 0.894. The summed E-state index contributed by atoms with van der Waals surface area (Å²) in [5, 5.41) is 3.07. The minimum atomic E-state index is -0.168. The molecule has 2 aromatic rings. The predicted octanol–water partition coefficient (Wildman–Crippen LogP) is 2.58. The van der Waals surface area contributed by atoms with Crippen LogP contribution in [0.1, 0.15) is 11.3 Å². The average molecular weight is 259 g/mol. The fourth-order valence-corrected chi connectivity index (χ4v) is 1.95. The lowest BCUT2D eigenvalue weighted by atomic mass is 10.2. The van der Waals surface area contributed by atoms with Crippen LogP contribution in [-0.2, 0) is 13.1 Å². The maximum absolute atomic E-state index is 13.6. The van der Waals surface area contributed by atoms with Gasteiger partial charge in [-0.3, -0.25) is 4.98 Å². The Bertz CT molecular complexity index is 542. The molecule has 0 spiro atoms. The molecule has 0 aliphatic carbocycles. The first kappa shape index (κ1) is 13.5. The molecule has 0 aliphatic rings. The topological polar surface area (TPSA) is 28.2 Å². The van der Waals surface area contributed by atoms with Crippen molar-refractivity contribution in [3.8, 4) is 0 Å². The average Bonchev–Trinajstić information content (AvgIpc) is 2.42. The van der Waals surface area contributed by atoms with Crippen LogP contribution < -0.4 is 10.2 Å². The summed E-state index contributed by atoms with van der Waals surface area (Å²) in [7, 11) is 3.84. The van der Waals surface area contributed by atoms with Crippen molar-refractivity contribution >= 4 is 5.69 Å². The summed E-state index contributed by atoms with van der Waals surface area (Å²) in [5.41, 5.74) is 2.70. The highest BCUT2D eigenvalue weighted by atomic mass is 19.1. The number of benzene rings is 1. The van der Waals surface area contributed by atoms with Gasteiger partial charge in [0.05, 0.1) is 5.69 Å². The van der Waals surface area contributed by atoms with Crippen LogP contribution in [0, 0.1) is 5.82 Å². The number of aromatic nitrogens is 1. The largest absolute Gasteiger partial charge is 0.370 e. The molecule has 1 aromatic carbocycles. The van der Waals surface area contributed by atoms with E-state index < -0.39 is 0 Å². The molecular weight excluding hydrogens is 241 g/mol. The maximum Gasteiger partial charge on any atom is 0.128 e. The molecule has 1 N–H and O–H groups in total. The van der Waals surface area contributed by atoms with Gasteiger partial charge in [0.25, 0.3) is 0 Å². The third-order valence-corrected chi connectivity index (χ3v) is 2.96. The minimum Gasteiger partial charge on any atom is -0.370 e. The van der Waals surface area contributed by atoms with Gasteiger partial charge in [0.2, 0.25) is 0 Å². The fourth-order valence-electron chi connectivity index (χ4n) is 1.95. The van der Waals surface area contributed by atoms with Crippen molar-refractivity contribution in [2.75, 3.05) is 19.0 Å². The van der Waals surface area contributed by atoms with Crippen molar-refractivity contribution < 1.29 is 4.39 Å². The van der Waals surface area contributed by atoms with E-state index in [1.807, 2.05) is 43.3 Å². The lowest BCUT2D eigenvalue weighted by Gasteiger charge is -2.20. The van der Waals surface area contributed by atoms with E-state index in [0.717, 1.165) is 17.9 Å². The number of rotatable bonds is 5. The Morgan fingerprint density at radius 3 is 2.79 bits per heavy atom. The van der Waals surface area contributed by atoms with E-state index in [1.165, 1.54) is 6.07 Å². The Balaban J connectivity index is 2.13. The van der Waals surface area contributed by atoms with Gasteiger partial charge in [0.1, 0.15) is 5.82 Å². The van der Waals surface area contributed by atoms with Crippen LogP contribution in [0.5, 0.6) is 0 Å². The second-order valence-corrected chi connectivity index (χ2v) is 4.48. The third-order valence-electron chi connectivity index (χ3n) is 2.96. The molecule has 0 amide bonds. The first-order valence-electron chi connectivity index (χ1n) is 6.25. The second kappa shape index (κ2) is 6.29. The molecule has 4 heteroatoms. The van der Waals surface area contributed by atoms with Crippen molar-refractivity contribution in [2.24, 2.45) is 0 Å². The molecule has 2 rings (SSSR count). The van der Waals surface area contributed by atoms with Crippen molar-refractivity contribution in [3.63, 3.8) is 0 Å². The Hall–Kier alpha value is -1.94. The summed E-state index contributed by atoms with van der Waals surface area (Å²) in [4.78, 5) is 6.29. The highest BCUT2D eigenvalue weighted by molar-refractivity contribution is 5.46. The van der Waals surface area contributed by atoms with Crippen molar-refractivity contribution in [1.82, 2.24) is 10.3 Å². The third kappa shape index (κ3) is 3.51. The number of nitrogens with zero attached hydrogens (tertiary/aromatic N) is 2. The van der Waals surface area contributed by atoms with E-state index >= 15 is 0 Å². The van der Waals surface area contributed by atoms with Crippen LogP contribution in [0.3, 0.4) is 0 Å². The van der Waals surface area contributed by atoms with E-state index in [4.69, 9.17) is 0 Å². The first-order valence-corrected chi connectivity index (χ1v) is 6.25. The second-order valence-electron chi connectivity index (χ2n) is 4.48. The zero-order chi connectivity index (χ0) is 13.7. The number of hydrogen-bond donors (Lipinski definition) is 1. The number of nitrogens with one attached hydrogen (secondary N) is 1. The summed E-state index contributed by atoms with van der Waals surface area (Å²) in [6.45, 7) is 1.26.